The molecule has 0 fully saturated rings. The van der Waals surface area contributed by atoms with Crippen molar-refractivity contribution >= 4 is 17.8 Å². The average molecular weight is 383 g/mol. The second-order valence-electron chi connectivity index (χ2n) is 6.68. The third-order valence-electron chi connectivity index (χ3n) is 4.15. The fourth-order valence-electron chi connectivity index (χ4n) is 2.94. The van der Waals surface area contributed by atoms with Crippen molar-refractivity contribution in [1.29, 1.82) is 0 Å². The van der Waals surface area contributed by atoms with E-state index in [1.807, 2.05) is 39.0 Å². The van der Waals surface area contributed by atoms with Crippen LogP contribution in [0.2, 0.25) is 0 Å². The number of hydrazone groups is 1. The topological polar surface area (TPSA) is 72.0 Å². The highest BCUT2D eigenvalue weighted by atomic mass is 16.5. The lowest BCUT2D eigenvalue weighted by molar-refractivity contribution is -0.119. The number of ether oxygens (including phenoxy) is 2. The SMILES string of the molecule is CCCOc1cc(/C=N\NC(=O)CNc2c(C)cc(C)cc2C)ccc1OC. The Kier molecular flexibility index (Phi) is 7.87. The predicted molar refractivity (Wildman–Crippen MR) is 114 cm³/mol. The van der Waals surface area contributed by atoms with E-state index in [2.05, 4.69) is 34.9 Å². The highest BCUT2D eigenvalue weighted by molar-refractivity contribution is 5.85. The first-order chi connectivity index (χ1) is 13.4. The second-order valence-corrected chi connectivity index (χ2v) is 6.68. The van der Waals surface area contributed by atoms with Gasteiger partial charge in [-0.1, -0.05) is 24.6 Å². The van der Waals surface area contributed by atoms with Crippen molar-refractivity contribution in [3.63, 3.8) is 0 Å². The van der Waals surface area contributed by atoms with Crippen LogP contribution in [0.15, 0.2) is 35.4 Å². The van der Waals surface area contributed by atoms with Crippen LogP contribution in [0.3, 0.4) is 0 Å². The van der Waals surface area contributed by atoms with E-state index < -0.39 is 0 Å². The summed E-state index contributed by atoms with van der Waals surface area (Å²) in [5.74, 6) is 1.11. The van der Waals surface area contributed by atoms with Gasteiger partial charge in [0.05, 0.1) is 26.5 Å². The molecule has 0 aliphatic rings. The lowest BCUT2D eigenvalue weighted by Gasteiger charge is -2.13. The molecule has 6 nitrogen and oxygen atoms in total. The Bertz CT molecular complexity index is 824. The van der Waals surface area contributed by atoms with E-state index in [1.54, 1.807) is 13.3 Å². The molecule has 150 valence electrons. The summed E-state index contributed by atoms with van der Waals surface area (Å²) in [6.45, 7) is 8.91. The summed E-state index contributed by atoms with van der Waals surface area (Å²) >= 11 is 0. The van der Waals surface area contributed by atoms with Crippen molar-refractivity contribution in [2.24, 2.45) is 5.10 Å². The zero-order valence-corrected chi connectivity index (χ0v) is 17.3. The summed E-state index contributed by atoms with van der Waals surface area (Å²) in [5.41, 5.74) is 7.77. The molecule has 2 aromatic rings. The van der Waals surface area contributed by atoms with Crippen LogP contribution in [0.1, 0.15) is 35.6 Å². The van der Waals surface area contributed by atoms with Crippen LogP contribution in [0.25, 0.3) is 0 Å². The molecule has 28 heavy (non-hydrogen) atoms. The Labute approximate surface area is 166 Å². The van der Waals surface area contributed by atoms with Gasteiger partial charge in [-0.2, -0.15) is 5.10 Å². The molecule has 2 aromatic carbocycles. The van der Waals surface area contributed by atoms with Crippen LogP contribution < -0.4 is 20.2 Å². The minimum Gasteiger partial charge on any atom is -0.493 e. The lowest BCUT2D eigenvalue weighted by atomic mass is 10.1. The van der Waals surface area contributed by atoms with E-state index in [1.165, 1.54) is 5.56 Å². The van der Waals surface area contributed by atoms with E-state index in [0.717, 1.165) is 28.8 Å². The molecular formula is C22H29N3O3. The molecule has 0 saturated carbocycles. The van der Waals surface area contributed by atoms with Gasteiger partial charge >= 0.3 is 0 Å². The number of rotatable bonds is 9. The summed E-state index contributed by atoms with van der Waals surface area (Å²) in [4.78, 5) is 12.1. The molecule has 0 unspecified atom stereocenters. The Morgan fingerprint density at radius 2 is 1.82 bits per heavy atom. The molecule has 0 spiro atoms. The lowest BCUT2D eigenvalue weighted by Crippen LogP contribution is -2.26. The summed E-state index contributed by atoms with van der Waals surface area (Å²) < 4.78 is 11.0. The number of anilines is 1. The van der Waals surface area contributed by atoms with E-state index in [9.17, 15) is 4.79 Å². The number of benzene rings is 2. The van der Waals surface area contributed by atoms with Crippen LogP contribution in [0, 0.1) is 20.8 Å². The standard InChI is InChI=1S/C22H29N3O3/c1-6-9-28-20-12-18(7-8-19(20)27-5)13-24-25-21(26)14-23-22-16(3)10-15(2)11-17(22)4/h7-8,10-13,23H,6,9,14H2,1-5H3,(H,25,26)/b24-13-. The molecule has 0 aromatic heterocycles. The monoisotopic (exact) mass is 383 g/mol. The van der Waals surface area contributed by atoms with Crippen LogP contribution in [-0.4, -0.2) is 32.4 Å². The Morgan fingerprint density at radius 1 is 1.11 bits per heavy atom. The van der Waals surface area contributed by atoms with Gasteiger partial charge in [0.1, 0.15) is 0 Å². The molecule has 2 rings (SSSR count). The molecule has 0 bridgehead atoms. The molecule has 0 aliphatic carbocycles. The first-order valence-corrected chi connectivity index (χ1v) is 9.39. The molecule has 0 saturated heterocycles. The van der Waals surface area contributed by atoms with Crippen molar-refractivity contribution in [1.82, 2.24) is 5.43 Å². The molecule has 1 amide bonds. The summed E-state index contributed by atoms with van der Waals surface area (Å²) in [5, 5.41) is 7.21. The first kappa shape index (κ1) is 21.3. The highest BCUT2D eigenvalue weighted by Crippen LogP contribution is 2.27. The average Bonchev–Trinajstić information content (AvgIpc) is 2.65. The Morgan fingerprint density at radius 3 is 2.46 bits per heavy atom. The molecule has 0 heterocycles. The quantitative estimate of drug-likeness (QED) is 0.508. The van der Waals surface area contributed by atoms with Crippen molar-refractivity contribution in [3.8, 4) is 11.5 Å². The number of carbonyl (C=O) groups excluding carboxylic acids is 1. The number of hydrogen-bond acceptors (Lipinski definition) is 5. The third-order valence-corrected chi connectivity index (χ3v) is 4.15. The number of amides is 1. The number of carbonyl (C=O) groups is 1. The van der Waals surface area contributed by atoms with Crippen LogP contribution in [-0.2, 0) is 4.79 Å². The van der Waals surface area contributed by atoms with Gasteiger partial charge in [0.2, 0.25) is 0 Å². The fourth-order valence-corrected chi connectivity index (χ4v) is 2.94. The van der Waals surface area contributed by atoms with E-state index >= 15 is 0 Å². The minimum absolute atomic E-state index is 0.148. The molecule has 2 N–H and O–H groups in total. The van der Waals surface area contributed by atoms with Gasteiger partial charge in [0.25, 0.3) is 5.91 Å². The number of nitrogens with one attached hydrogen (secondary N) is 2. The fraction of sp³-hybridized carbons (Fsp3) is 0.364. The molecule has 0 radical (unpaired) electrons. The van der Waals surface area contributed by atoms with Gasteiger partial charge in [-0.05, 0) is 62.1 Å². The Hall–Kier alpha value is -3.02. The second kappa shape index (κ2) is 10.3. The summed E-state index contributed by atoms with van der Waals surface area (Å²) in [7, 11) is 1.60. The maximum absolute atomic E-state index is 12.1. The van der Waals surface area contributed by atoms with E-state index in [4.69, 9.17) is 9.47 Å². The largest absolute Gasteiger partial charge is 0.493 e. The third kappa shape index (κ3) is 6.01. The van der Waals surface area contributed by atoms with Gasteiger partial charge in [-0.15, -0.1) is 0 Å². The predicted octanol–water partition coefficient (Wildman–Crippen LogP) is 3.97. The van der Waals surface area contributed by atoms with Gasteiger partial charge in [0.15, 0.2) is 11.5 Å². The highest BCUT2D eigenvalue weighted by Gasteiger charge is 2.07. The first-order valence-electron chi connectivity index (χ1n) is 9.39. The Balaban J connectivity index is 1.93. The van der Waals surface area contributed by atoms with Gasteiger partial charge in [-0.3, -0.25) is 4.79 Å². The summed E-state index contributed by atoms with van der Waals surface area (Å²) in [6, 6.07) is 9.69. The van der Waals surface area contributed by atoms with Crippen LogP contribution in [0.5, 0.6) is 11.5 Å². The van der Waals surface area contributed by atoms with Gasteiger partial charge < -0.3 is 14.8 Å². The normalized spacial score (nSPS) is 10.8. The van der Waals surface area contributed by atoms with Gasteiger partial charge in [0, 0.05) is 5.69 Å². The maximum Gasteiger partial charge on any atom is 0.259 e. The van der Waals surface area contributed by atoms with Crippen molar-refractivity contribution in [2.75, 3.05) is 25.6 Å². The van der Waals surface area contributed by atoms with Crippen molar-refractivity contribution in [2.45, 2.75) is 34.1 Å². The zero-order valence-electron chi connectivity index (χ0n) is 17.3. The zero-order chi connectivity index (χ0) is 20.5. The number of methoxy groups -OCH3 is 1. The van der Waals surface area contributed by atoms with E-state index in [0.29, 0.717) is 18.1 Å². The smallest absolute Gasteiger partial charge is 0.259 e. The molecule has 6 heteroatoms. The van der Waals surface area contributed by atoms with Crippen LogP contribution >= 0.6 is 0 Å². The maximum atomic E-state index is 12.1. The minimum atomic E-state index is -0.216. The molecule has 0 aliphatic heterocycles. The van der Waals surface area contributed by atoms with Crippen molar-refractivity contribution in [3.05, 3.63) is 52.6 Å². The molecule has 0 atom stereocenters. The molecular weight excluding hydrogens is 354 g/mol. The van der Waals surface area contributed by atoms with Crippen LogP contribution in [0.4, 0.5) is 5.69 Å². The number of hydrogen-bond donors (Lipinski definition) is 2. The van der Waals surface area contributed by atoms with Gasteiger partial charge in [-0.25, -0.2) is 5.43 Å². The number of nitrogens with zero attached hydrogens (tertiary/aromatic N) is 1. The summed E-state index contributed by atoms with van der Waals surface area (Å²) in [6.07, 6.45) is 2.49. The van der Waals surface area contributed by atoms with Crippen molar-refractivity contribution < 1.29 is 14.3 Å². The van der Waals surface area contributed by atoms with E-state index in [-0.39, 0.29) is 12.5 Å². The number of aryl methyl sites for hydroxylation is 3.